The summed E-state index contributed by atoms with van der Waals surface area (Å²) in [6, 6.07) is 10.5. The van der Waals surface area contributed by atoms with Crippen LogP contribution in [0.2, 0.25) is 0 Å². The average Bonchev–Trinajstić information content (AvgIpc) is 2.57. The lowest BCUT2D eigenvalue weighted by Crippen LogP contribution is -2.03. The van der Waals surface area contributed by atoms with Gasteiger partial charge in [-0.2, -0.15) is 0 Å². The van der Waals surface area contributed by atoms with Gasteiger partial charge in [-0.3, -0.25) is 0 Å². The molecule has 24 heavy (non-hydrogen) atoms. The van der Waals surface area contributed by atoms with E-state index in [1.165, 1.54) is 0 Å². The first-order chi connectivity index (χ1) is 11.5. The van der Waals surface area contributed by atoms with Crippen LogP contribution in [0.5, 0.6) is 23.0 Å². The molecule has 1 atom stereocenters. The summed E-state index contributed by atoms with van der Waals surface area (Å²) in [6.45, 7) is 2.22. The lowest BCUT2D eigenvalue weighted by atomic mass is 9.94. The predicted octanol–water partition coefficient (Wildman–Crippen LogP) is 4.32. The Labute approximate surface area is 143 Å². The van der Waals surface area contributed by atoms with Gasteiger partial charge in [-0.25, -0.2) is 0 Å². The van der Waals surface area contributed by atoms with Crippen LogP contribution in [0, 0.1) is 5.92 Å². The van der Waals surface area contributed by atoms with E-state index in [9.17, 15) is 10.2 Å². The van der Waals surface area contributed by atoms with Crippen molar-refractivity contribution < 1.29 is 19.7 Å². The zero-order chi connectivity index (χ0) is 17.5. The van der Waals surface area contributed by atoms with Crippen molar-refractivity contribution in [3.05, 3.63) is 47.5 Å². The molecule has 0 aliphatic rings. The monoisotopic (exact) mass is 330 g/mol. The molecule has 0 bridgehead atoms. The van der Waals surface area contributed by atoms with Crippen LogP contribution in [0.15, 0.2) is 36.4 Å². The molecule has 0 unspecified atom stereocenters. The smallest absolute Gasteiger partial charge is 0.125 e. The fourth-order valence-electron chi connectivity index (χ4n) is 2.96. The Morgan fingerprint density at radius 3 is 2.00 bits per heavy atom. The van der Waals surface area contributed by atoms with Crippen molar-refractivity contribution in [2.75, 3.05) is 14.2 Å². The maximum atomic E-state index is 9.53. The van der Waals surface area contributed by atoms with E-state index >= 15 is 0 Å². The van der Waals surface area contributed by atoms with Crippen LogP contribution >= 0.6 is 0 Å². The third-order valence-corrected chi connectivity index (χ3v) is 4.25. The van der Waals surface area contributed by atoms with Crippen LogP contribution in [0.1, 0.15) is 30.9 Å². The third kappa shape index (κ3) is 4.82. The van der Waals surface area contributed by atoms with Crippen LogP contribution in [0.3, 0.4) is 0 Å². The summed E-state index contributed by atoms with van der Waals surface area (Å²) in [7, 11) is 3.25. The Morgan fingerprint density at radius 1 is 0.875 bits per heavy atom. The number of hydrogen-bond acceptors (Lipinski definition) is 4. The highest BCUT2D eigenvalue weighted by Gasteiger charge is 2.10. The van der Waals surface area contributed by atoms with Crippen molar-refractivity contribution in [1.29, 1.82) is 0 Å². The Kier molecular flexibility index (Phi) is 6.36. The Bertz CT molecular complexity index is 667. The van der Waals surface area contributed by atoms with Gasteiger partial charge in [0.2, 0.25) is 0 Å². The number of ether oxygens (including phenoxy) is 2. The van der Waals surface area contributed by atoms with Crippen molar-refractivity contribution in [1.82, 2.24) is 0 Å². The number of methoxy groups -OCH3 is 2. The minimum absolute atomic E-state index is 0.225. The maximum Gasteiger partial charge on any atom is 0.125 e. The Morgan fingerprint density at radius 2 is 1.42 bits per heavy atom. The van der Waals surface area contributed by atoms with Crippen molar-refractivity contribution in [2.45, 2.75) is 32.6 Å². The lowest BCUT2D eigenvalue weighted by molar-refractivity contribution is 0.395. The summed E-state index contributed by atoms with van der Waals surface area (Å²) in [5.74, 6) is 2.43. The molecule has 0 spiro atoms. The highest BCUT2D eigenvalue weighted by atomic mass is 16.5. The van der Waals surface area contributed by atoms with Crippen molar-refractivity contribution in [3.8, 4) is 23.0 Å². The molecule has 0 fully saturated rings. The van der Waals surface area contributed by atoms with Crippen LogP contribution in [0.4, 0.5) is 0 Å². The SMILES string of the molecule is COc1cc(O)ccc1CCC[C@H](C)Cc1ccc(O)cc1OC. The molecule has 0 aromatic heterocycles. The molecular weight excluding hydrogens is 304 g/mol. The van der Waals surface area contributed by atoms with E-state index in [0.717, 1.165) is 48.3 Å². The lowest BCUT2D eigenvalue weighted by Gasteiger charge is -2.15. The molecule has 130 valence electrons. The number of benzene rings is 2. The first-order valence-electron chi connectivity index (χ1n) is 8.25. The van der Waals surface area contributed by atoms with Crippen molar-refractivity contribution in [2.24, 2.45) is 5.92 Å². The number of aryl methyl sites for hydroxylation is 1. The fraction of sp³-hybridized carbons (Fsp3) is 0.400. The van der Waals surface area contributed by atoms with E-state index in [1.807, 2.05) is 12.1 Å². The maximum absolute atomic E-state index is 9.53. The van der Waals surface area contributed by atoms with E-state index in [1.54, 1.807) is 38.5 Å². The van der Waals surface area contributed by atoms with Crippen molar-refractivity contribution in [3.63, 3.8) is 0 Å². The predicted molar refractivity (Wildman–Crippen MR) is 95.1 cm³/mol. The van der Waals surface area contributed by atoms with Gasteiger partial charge in [0.1, 0.15) is 23.0 Å². The molecule has 0 aliphatic carbocycles. The van der Waals surface area contributed by atoms with Gasteiger partial charge < -0.3 is 19.7 Å². The summed E-state index contributed by atoms with van der Waals surface area (Å²) in [5.41, 5.74) is 2.23. The molecule has 2 rings (SSSR count). The first kappa shape index (κ1) is 18.0. The second kappa shape index (κ2) is 8.48. The van der Waals surface area contributed by atoms with Crippen molar-refractivity contribution >= 4 is 0 Å². The second-order valence-electron chi connectivity index (χ2n) is 6.19. The summed E-state index contributed by atoms with van der Waals surface area (Å²) in [5, 5.41) is 19.0. The van der Waals surface area contributed by atoms with Crippen LogP contribution in [-0.4, -0.2) is 24.4 Å². The van der Waals surface area contributed by atoms with Crippen LogP contribution < -0.4 is 9.47 Å². The summed E-state index contributed by atoms with van der Waals surface area (Å²) in [4.78, 5) is 0. The van der Waals surface area contributed by atoms with Gasteiger partial charge in [-0.1, -0.05) is 25.5 Å². The molecule has 0 aliphatic heterocycles. The van der Waals surface area contributed by atoms with Gasteiger partial charge in [-0.15, -0.1) is 0 Å². The summed E-state index contributed by atoms with van der Waals surface area (Å²) < 4.78 is 10.7. The number of phenolic OH excluding ortho intramolecular Hbond substituents is 2. The standard InChI is InChI=1S/C20H26O4/c1-14(11-16-8-10-18(22)13-20(16)24-3)5-4-6-15-7-9-17(21)12-19(15)23-2/h7-10,12-14,21-22H,4-6,11H2,1-3H3/t14-/m0/s1. The number of aromatic hydroxyl groups is 2. The Hall–Kier alpha value is -2.36. The van der Waals surface area contributed by atoms with Gasteiger partial charge in [0.05, 0.1) is 14.2 Å². The van der Waals surface area contributed by atoms with Gasteiger partial charge >= 0.3 is 0 Å². The van der Waals surface area contributed by atoms with Gasteiger partial charge in [0.25, 0.3) is 0 Å². The molecule has 2 N–H and O–H groups in total. The zero-order valence-electron chi connectivity index (χ0n) is 14.6. The molecule has 0 saturated heterocycles. The van der Waals surface area contributed by atoms with E-state index in [0.29, 0.717) is 5.92 Å². The number of hydrogen-bond donors (Lipinski definition) is 2. The first-order valence-corrected chi connectivity index (χ1v) is 8.25. The van der Waals surface area contributed by atoms with Crippen LogP contribution in [0.25, 0.3) is 0 Å². The zero-order valence-corrected chi connectivity index (χ0v) is 14.6. The molecule has 4 nitrogen and oxygen atoms in total. The van der Waals surface area contributed by atoms with E-state index in [-0.39, 0.29) is 11.5 Å². The number of rotatable bonds is 8. The molecule has 0 saturated carbocycles. The molecule has 0 amide bonds. The highest BCUT2D eigenvalue weighted by Crippen LogP contribution is 2.28. The third-order valence-electron chi connectivity index (χ3n) is 4.25. The topological polar surface area (TPSA) is 58.9 Å². The molecular formula is C20H26O4. The van der Waals surface area contributed by atoms with E-state index < -0.39 is 0 Å². The number of phenols is 2. The van der Waals surface area contributed by atoms with E-state index in [4.69, 9.17) is 9.47 Å². The van der Waals surface area contributed by atoms with Gasteiger partial charge in [0, 0.05) is 12.1 Å². The molecule has 2 aromatic carbocycles. The highest BCUT2D eigenvalue weighted by molar-refractivity contribution is 5.41. The molecule has 4 heteroatoms. The summed E-state index contributed by atoms with van der Waals surface area (Å²) in [6.07, 6.45) is 3.95. The second-order valence-corrected chi connectivity index (χ2v) is 6.19. The van der Waals surface area contributed by atoms with Gasteiger partial charge in [0.15, 0.2) is 0 Å². The quantitative estimate of drug-likeness (QED) is 0.757. The normalized spacial score (nSPS) is 12.0. The Balaban J connectivity index is 1.89. The van der Waals surface area contributed by atoms with E-state index in [2.05, 4.69) is 6.92 Å². The molecule has 0 heterocycles. The largest absolute Gasteiger partial charge is 0.508 e. The average molecular weight is 330 g/mol. The minimum Gasteiger partial charge on any atom is -0.508 e. The molecule has 2 aromatic rings. The van der Waals surface area contributed by atoms with Gasteiger partial charge in [-0.05, 0) is 48.4 Å². The fourth-order valence-corrected chi connectivity index (χ4v) is 2.96. The molecule has 0 radical (unpaired) electrons. The summed E-state index contributed by atoms with van der Waals surface area (Å²) >= 11 is 0. The van der Waals surface area contributed by atoms with Crippen LogP contribution in [-0.2, 0) is 12.8 Å². The minimum atomic E-state index is 0.225.